The van der Waals surface area contributed by atoms with E-state index in [-0.39, 0.29) is 12.6 Å². The number of anilines is 2. The Labute approximate surface area is 175 Å². The number of aliphatic hydroxyl groups is 1. The first kappa shape index (κ1) is 19.6. The molecular formula is C21H28BrN5O. The second kappa shape index (κ2) is 9.20. The van der Waals surface area contributed by atoms with Gasteiger partial charge in [-0.05, 0) is 43.4 Å². The molecule has 3 heterocycles. The number of aliphatic hydroxyl groups excluding tert-OH is 1. The van der Waals surface area contributed by atoms with Crippen molar-refractivity contribution in [1.82, 2.24) is 14.9 Å². The van der Waals surface area contributed by atoms with Gasteiger partial charge < -0.3 is 15.3 Å². The highest BCUT2D eigenvalue weighted by Crippen LogP contribution is 2.25. The number of nitrogens with one attached hydrogen (secondary N) is 1. The quantitative estimate of drug-likeness (QED) is 0.710. The van der Waals surface area contributed by atoms with E-state index in [2.05, 4.69) is 65.3 Å². The molecule has 7 heteroatoms. The number of piperidine rings is 1. The van der Waals surface area contributed by atoms with Crippen LogP contribution in [0.25, 0.3) is 0 Å². The molecule has 28 heavy (non-hydrogen) atoms. The summed E-state index contributed by atoms with van der Waals surface area (Å²) in [6, 6.07) is 11.3. The van der Waals surface area contributed by atoms with E-state index in [9.17, 15) is 5.11 Å². The number of rotatable bonds is 6. The molecule has 0 bridgehead atoms. The van der Waals surface area contributed by atoms with Crippen LogP contribution in [-0.4, -0.2) is 58.3 Å². The molecule has 2 saturated heterocycles. The number of aromatic nitrogens is 2. The summed E-state index contributed by atoms with van der Waals surface area (Å²) in [5, 5.41) is 13.2. The minimum absolute atomic E-state index is 0.184. The van der Waals surface area contributed by atoms with Crippen LogP contribution in [0.4, 0.5) is 11.6 Å². The monoisotopic (exact) mass is 445 g/mol. The Kier molecular flexibility index (Phi) is 6.44. The van der Waals surface area contributed by atoms with Crippen molar-refractivity contribution in [2.75, 3.05) is 36.5 Å². The fourth-order valence-electron chi connectivity index (χ4n) is 4.20. The highest BCUT2D eigenvalue weighted by Gasteiger charge is 2.25. The lowest BCUT2D eigenvalue weighted by Crippen LogP contribution is -2.39. The maximum Gasteiger partial charge on any atom is 0.134 e. The summed E-state index contributed by atoms with van der Waals surface area (Å²) in [6.07, 6.45) is 5.99. The van der Waals surface area contributed by atoms with Gasteiger partial charge >= 0.3 is 0 Å². The molecule has 4 rings (SSSR count). The molecule has 1 unspecified atom stereocenters. The zero-order chi connectivity index (χ0) is 19.3. The predicted molar refractivity (Wildman–Crippen MR) is 116 cm³/mol. The predicted octanol–water partition coefficient (Wildman–Crippen LogP) is 3.28. The van der Waals surface area contributed by atoms with Crippen molar-refractivity contribution < 1.29 is 5.11 Å². The van der Waals surface area contributed by atoms with E-state index in [1.165, 1.54) is 5.56 Å². The molecule has 0 spiro atoms. The second-order valence-electron chi connectivity index (χ2n) is 7.75. The lowest BCUT2D eigenvalue weighted by atomic mass is 10.0. The number of nitrogens with zero attached hydrogens (tertiary/aromatic N) is 4. The number of benzene rings is 1. The van der Waals surface area contributed by atoms with Crippen LogP contribution in [0.3, 0.4) is 0 Å². The Balaban J connectivity index is 1.30. The molecule has 6 nitrogen and oxygen atoms in total. The topological polar surface area (TPSA) is 64.5 Å². The third-order valence-corrected chi connectivity index (χ3v) is 6.32. The van der Waals surface area contributed by atoms with Crippen molar-refractivity contribution in [3.05, 3.63) is 46.7 Å². The maximum absolute atomic E-state index is 9.56. The van der Waals surface area contributed by atoms with E-state index in [1.807, 2.05) is 6.07 Å². The number of hydrogen-bond donors (Lipinski definition) is 2. The second-order valence-corrected chi connectivity index (χ2v) is 8.67. The Morgan fingerprint density at radius 3 is 2.61 bits per heavy atom. The zero-order valence-electron chi connectivity index (χ0n) is 16.1. The first-order chi connectivity index (χ1) is 13.7. The van der Waals surface area contributed by atoms with E-state index in [1.54, 1.807) is 6.33 Å². The van der Waals surface area contributed by atoms with Crippen molar-refractivity contribution in [3.8, 4) is 0 Å². The molecule has 1 aromatic carbocycles. The third kappa shape index (κ3) is 4.82. The highest BCUT2D eigenvalue weighted by molar-refractivity contribution is 9.10. The van der Waals surface area contributed by atoms with Gasteiger partial charge in [0.05, 0.1) is 12.6 Å². The van der Waals surface area contributed by atoms with Gasteiger partial charge in [-0.25, -0.2) is 9.97 Å². The summed E-state index contributed by atoms with van der Waals surface area (Å²) < 4.78 is 1.13. The largest absolute Gasteiger partial charge is 0.394 e. The maximum atomic E-state index is 9.56. The minimum atomic E-state index is 0.184. The molecule has 2 fully saturated rings. The van der Waals surface area contributed by atoms with Crippen LogP contribution >= 0.6 is 15.9 Å². The number of halogens is 1. The molecule has 150 valence electrons. The molecule has 2 aromatic rings. The molecule has 0 amide bonds. The van der Waals surface area contributed by atoms with E-state index in [0.717, 1.165) is 68.0 Å². The Hall–Kier alpha value is -1.70. The average molecular weight is 446 g/mol. The summed E-state index contributed by atoms with van der Waals surface area (Å²) >= 11 is 3.50. The minimum Gasteiger partial charge on any atom is -0.394 e. The zero-order valence-corrected chi connectivity index (χ0v) is 17.7. The van der Waals surface area contributed by atoms with Crippen LogP contribution in [0.2, 0.25) is 0 Å². The number of likely N-dealkylation sites (tertiary alicyclic amines) is 1. The SMILES string of the molecule is OCC1CCCN1c1cc(NC2CCN(Cc3ccc(Br)cc3)CC2)ncn1. The normalized spacial score (nSPS) is 21.2. The van der Waals surface area contributed by atoms with E-state index >= 15 is 0 Å². The summed E-state index contributed by atoms with van der Waals surface area (Å²) in [4.78, 5) is 13.6. The highest BCUT2D eigenvalue weighted by atomic mass is 79.9. The Morgan fingerprint density at radius 1 is 1.07 bits per heavy atom. The molecule has 2 aliphatic rings. The van der Waals surface area contributed by atoms with Crippen molar-refractivity contribution in [2.24, 2.45) is 0 Å². The van der Waals surface area contributed by atoms with Gasteiger partial charge in [0.15, 0.2) is 0 Å². The van der Waals surface area contributed by atoms with Gasteiger partial charge in [-0.3, -0.25) is 4.90 Å². The van der Waals surface area contributed by atoms with Gasteiger partial charge in [0, 0.05) is 42.8 Å². The molecular weight excluding hydrogens is 418 g/mol. The Bertz CT molecular complexity index is 764. The van der Waals surface area contributed by atoms with E-state index < -0.39 is 0 Å². The molecule has 0 aliphatic carbocycles. The third-order valence-electron chi connectivity index (χ3n) is 5.79. The average Bonchev–Trinajstić information content (AvgIpc) is 3.20. The first-order valence-corrected chi connectivity index (χ1v) is 10.9. The van der Waals surface area contributed by atoms with Crippen molar-refractivity contribution >= 4 is 27.6 Å². The summed E-state index contributed by atoms with van der Waals surface area (Å²) in [5.74, 6) is 1.81. The molecule has 0 radical (unpaired) electrons. The van der Waals surface area contributed by atoms with Gasteiger partial charge in [0.25, 0.3) is 0 Å². The number of hydrogen-bond acceptors (Lipinski definition) is 6. The van der Waals surface area contributed by atoms with Crippen molar-refractivity contribution in [1.29, 1.82) is 0 Å². The van der Waals surface area contributed by atoms with E-state index in [0.29, 0.717) is 6.04 Å². The van der Waals surface area contributed by atoms with Crippen molar-refractivity contribution in [3.63, 3.8) is 0 Å². The molecule has 1 atom stereocenters. The summed E-state index contributed by atoms with van der Waals surface area (Å²) in [5.41, 5.74) is 1.36. The van der Waals surface area contributed by atoms with Gasteiger partial charge in [0.1, 0.15) is 18.0 Å². The lowest BCUT2D eigenvalue weighted by molar-refractivity contribution is 0.211. The fourth-order valence-corrected chi connectivity index (χ4v) is 4.47. The lowest BCUT2D eigenvalue weighted by Gasteiger charge is -2.32. The van der Waals surface area contributed by atoms with Gasteiger partial charge in [-0.15, -0.1) is 0 Å². The van der Waals surface area contributed by atoms with Gasteiger partial charge in [-0.2, -0.15) is 0 Å². The van der Waals surface area contributed by atoms with Crippen molar-refractivity contribution in [2.45, 2.75) is 44.3 Å². The van der Waals surface area contributed by atoms with Crippen LogP contribution < -0.4 is 10.2 Å². The molecule has 2 aliphatic heterocycles. The van der Waals surface area contributed by atoms with Crippen LogP contribution in [0, 0.1) is 0 Å². The van der Waals surface area contributed by atoms with Gasteiger partial charge in [-0.1, -0.05) is 28.1 Å². The van der Waals surface area contributed by atoms with E-state index in [4.69, 9.17) is 0 Å². The standard InChI is InChI=1S/C21H28BrN5O/c22-17-5-3-16(4-6-17)13-26-10-7-18(8-11-26)25-20-12-21(24-15-23-20)27-9-1-2-19(27)14-28/h3-6,12,15,18-19,28H,1-2,7-11,13-14H2,(H,23,24,25). The van der Waals surface area contributed by atoms with Crippen LogP contribution in [0.15, 0.2) is 41.1 Å². The van der Waals surface area contributed by atoms with Crippen LogP contribution in [0.1, 0.15) is 31.2 Å². The smallest absolute Gasteiger partial charge is 0.134 e. The summed E-state index contributed by atoms with van der Waals surface area (Å²) in [7, 11) is 0. The van der Waals surface area contributed by atoms with Crippen LogP contribution in [-0.2, 0) is 6.54 Å². The van der Waals surface area contributed by atoms with Gasteiger partial charge in [0.2, 0.25) is 0 Å². The Morgan fingerprint density at radius 2 is 1.86 bits per heavy atom. The molecule has 0 saturated carbocycles. The summed E-state index contributed by atoms with van der Waals surface area (Å²) in [6.45, 7) is 4.32. The first-order valence-electron chi connectivity index (χ1n) is 10.1. The van der Waals surface area contributed by atoms with Crippen LogP contribution in [0.5, 0.6) is 0 Å². The molecule has 1 aromatic heterocycles. The molecule has 2 N–H and O–H groups in total. The fraction of sp³-hybridized carbons (Fsp3) is 0.524.